The van der Waals surface area contributed by atoms with Gasteiger partial charge in [0.2, 0.25) is 0 Å². The Balaban J connectivity index is 0.00000124. The van der Waals surface area contributed by atoms with Crippen LogP contribution in [0.1, 0.15) is 92.4 Å². The molecule has 0 spiro atoms. The number of nitrogens with zero attached hydrogens (tertiary/aromatic N) is 3. The predicted octanol–water partition coefficient (Wildman–Crippen LogP) is 4.58. The van der Waals surface area contributed by atoms with Gasteiger partial charge in [-0.05, 0) is 88.5 Å². The number of anilines is 1. The molecule has 41 heavy (non-hydrogen) atoms. The quantitative estimate of drug-likeness (QED) is 0.233. The summed E-state index contributed by atoms with van der Waals surface area (Å²) < 4.78 is 12.1. The van der Waals surface area contributed by atoms with Gasteiger partial charge in [-0.15, -0.1) is 0 Å². The van der Waals surface area contributed by atoms with E-state index in [0.29, 0.717) is 32.2 Å². The molecule has 2 aromatic rings. The summed E-state index contributed by atoms with van der Waals surface area (Å²) >= 11 is 0. The van der Waals surface area contributed by atoms with Gasteiger partial charge < -0.3 is 25.0 Å². The zero-order valence-corrected chi connectivity index (χ0v) is 24.3. The number of fused-ring (bicyclic) bond motifs is 1. The summed E-state index contributed by atoms with van der Waals surface area (Å²) in [6.45, 7) is 7.16. The fourth-order valence-electron chi connectivity index (χ4n) is 5.53. The van der Waals surface area contributed by atoms with Crippen molar-refractivity contribution < 1.29 is 29.3 Å². The SMILES string of the molecule is CC(C)OCc1cc(C2CC2)ncc1C(C(=O)O)N1CC[C@@H](OCCCCc2ccc3c(n2)NCCC3)C1.O=CO. The van der Waals surface area contributed by atoms with Crippen molar-refractivity contribution in [3.05, 3.63) is 52.5 Å². The molecule has 1 saturated heterocycles. The minimum absolute atomic E-state index is 0.0528. The van der Waals surface area contributed by atoms with Crippen molar-refractivity contribution in [2.45, 2.75) is 96.0 Å². The third-order valence-corrected chi connectivity index (χ3v) is 7.82. The van der Waals surface area contributed by atoms with Gasteiger partial charge in [-0.3, -0.25) is 19.5 Å². The van der Waals surface area contributed by atoms with Crippen LogP contribution in [0.25, 0.3) is 0 Å². The Morgan fingerprint density at radius 3 is 2.78 bits per heavy atom. The average molecular weight is 569 g/mol. The largest absolute Gasteiger partial charge is 0.483 e. The Kier molecular flexibility index (Phi) is 11.5. The maximum absolute atomic E-state index is 12.5. The molecule has 3 N–H and O–H groups in total. The Morgan fingerprint density at radius 2 is 2.05 bits per heavy atom. The maximum Gasteiger partial charge on any atom is 0.325 e. The number of hydrogen-bond acceptors (Lipinski definition) is 8. The van der Waals surface area contributed by atoms with E-state index < -0.39 is 12.0 Å². The molecule has 1 unspecified atom stereocenters. The topological polar surface area (TPSA) is 134 Å². The first-order valence-corrected chi connectivity index (χ1v) is 14.9. The number of carboxylic acid groups (broad SMARTS) is 2. The lowest BCUT2D eigenvalue weighted by atomic mass is 10.00. The summed E-state index contributed by atoms with van der Waals surface area (Å²) in [6, 6.07) is 5.70. The van der Waals surface area contributed by atoms with Crippen LogP contribution in [0.5, 0.6) is 0 Å². The van der Waals surface area contributed by atoms with Crippen LogP contribution in [0.2, 0.25) is 0 Å². The second-order valence-electron chi connectivity index (χ2n) is 11.4. The lowest BCUT2D eigenvalue weighted by molar-refractivity contribution is -0.143. The Labute approximate surface area is 242 Å². The van der Waals surface area contributed by atoms with Gasteiger partial charge in [-0.25, -0.2) is 4.98 Å². The molecule has 2 fully saturated rings. The van der Waals surface area contributed by atoms with E-state index in [0.717, 1.165) is 79.8 Å². The molecule has 224 valence electrons. The van der Waals surface area contributed by atoms with Crippen LogP contribution in [0.4, 0.5) is 5.82 Å². The van der Waals surface area contributed by atoms with Crippen molar-refractivity contribution in [2.75, 3.05) is 31.6 Å². The number of carbonyl (C=O) groups is 2. The van der Waals surface area contributed by atoms with Crippen LogP contribution in [0.3, 0.4) is 0 Å². The van der Waals surface area contributed by atoms with Gasteiger partial charge in [0.25, 0.3) is 6.47 Å². The summed E-state index contributed by atoms with van der Waals surface area (Å²) in [5.41, 5.74) is 5.20. The second-order valence-corrected chi connectivity index (χ2v) is 11.4. The number of aryl methyl sites for hydroxylation is 2. The monoisotopic (exact) mass is 568 g/mol. The summed E-state index contributed by atoms with van der Waals surface area (Å²) in [7, 11) is 0. The van der Waals surface area contributed by atoms with Gasteiger partial charge in [-0.1, -0.05) is 6.07 Å². The van der Waals surface area contributed by atoms with E-state index >= 15 is 0 Å². The van der Waals surface area contributed by atoms with Gasteiger partial charge in [0, 0.05) is 55.3 Å². The van der Waals surface area contributed by atoms with Gasteiger partial charge in [0.05, 0.1) is 18.8 Å². The molecule has 1 aliphatic carbocycles. The molecule has 2 aliphatic heterocycles. The van der Waals surface area contributed by atoms with E-state index in [1.807, 2.05) is 18.7 Å². The fourth-order valence-corrected chi connectivity index (χ4v) is 5.53. The lowest BCUT2D eigenvalue weighted by Gasteiger charge is -2.26. The van der Waals surface area contributed by atoms with Crippen LogP contribution in [-0.2, 0) is 38.5 Å². The third-order valence-electron chi connectivity index (χ3n) is 7.82. The molecular formula is C31H44N4O6. The molecule has 2 aromatic heterocycles. The number of hydrogen-bond donors (Lipinski definition) is 3. The molecule has 1 saturated carbocycles. The smallest absolute Gasteiger partial charge is 0.325 e. The van der Waals surface area contributed by atoms with E-state index in [4.69, 9.17) is 24.4 Å². The van der Waals surface area contributed by atoms with Crippen LogP contribution in [-0.4, -0.2) is 76.0 Å². The molecule has 3 aliphatic rings. The molecular weight excluding hydrogens is 524 g/mol. The zero-order chi connectivity index (χ0) is 29.2. The standard InChI is InChI=1S/C30H42N4O4.CH2O2/c1-20(2)38-19-23-16-27(21-8-9-21)32-17-26(23)28(30(35)36)34-14-12-25(18-34)37-15-4-3-7-24-11-10-22-6-5-13-31-29(22)33-24;2-1-3/h10-11,16-17,20-21,25,28H,3-9,12-15,18-19H2,1-2H3,(H,31,33)(H,35,36);1H,(H,2,3)/t25-,28?;/m1./s1. The van der Waals surface area contributed by atoms with E-state index in [-0.39, 0.29) is 18.7 Å². The van der Waals surface area contributed by atoms with Crippen molar-refractivity contribution in [2.24, 2.45) is 0 Å². The van der Waals surface area contributed by atoms with Crippen molar-refractivity contribution in [1.82, 2.24) is 14.9 Å². The molecule has 4 heterocycles. The number of nitrogens with one attached hydrogen (secondary N) is 1. The second kappa shape index (κ2) is 15.2. The Bertz CT molecular complexity index is 1160. The molecule has 0 radical (unpaired) electrons. The van der Waals surface area contributed by atoms with Crippen LogP contribution in [0.15, 0.2) is 24.4 Å². The van der Waals surface area contributed by atoms with Gasteiger partial charge in [0.15, 0.2) is 0 Å². The van der Waals surface area contributed by atoms with Crippen LogP contribution in [0, 0.1) is 0 Å². The highest BCUT2D eigenvalue weighted by Gasteiger charge is 2.36. The predicted molar refractivity (Wildman–Crippen MR) is 155 cm³/mol. The molecule has 0 bridgehead atoms. The normalized spacial score (nSPS) is 19.1. The van der Waals surface area contributed by atoms with Gasteiger partial charge in [-0.2, -0.15) is 0 Å². The average Bonchev–Trinajstić information content (AvgIpc) is 3.71. The van der Waals surface area contributed by atoms with Crippen LogP contribution < -0.4 is 5.32 Å². The number of carboxylic acids is 1. The summed E-state index contributed by atoms with van der Waals surface area (Å²) in [6.07, 6.45) is 10.3. The minimum atomic E-state index is -0.843. The number of ether oxygens (including phenoxy) is 2. The van der Waals surface area contributed by atoms with E-state index in [9.17, 15) is 9.90 Å². The molecule has 5 rings (SSSR count). The van der Waals surface area contributed by atoms with Crippen molar-refractivity contribution >= 4 is 18.3 Å². The number of unbranched alkanes of at least 4 members (excludes halogenated alkanes) is 1. The zero-order valence-electron chi connectivity index (χ0n) is 24.3. The number of aliphatic carboxylic acids is 1. The highest BCUT2D eigenvalue weighted by Crippen LogP contribution is 2.40. The third kappa shape index (κ3) is 8.95. The number of aromatic nitrogens is 2. The first-order valence-electron chi connectivity index (χ1n) is 14.9. The van der Waals surface area contributed by atoms with Gasteiger partial charge >= 0.3 is 5.97 Å². The first-order chi connectivity index (χ1) is 19.9. The molecule has 0 amide bonds. The Morgan fingerprint density at radius 1 is 1.24 bits per heavy atom. The van der Waals surface area contributed by atoms with Crippen molar-refractivity contribution in [3.8, 4) is 0 Å². The summed E-state index contributed by atoms with van der Waals surface area (Å²) in [5, 5.41) is 20.5. The summed E-state index contributed by atoms with van der Waals surface area (Å²) in [4.78, 5) is 32.3. The number of pyridine rings is 2. The molecule has 10 nitrogen and oxygen atoms in total. The molecule has 0 aromatic carbocycles. The summed E-state index contributed by atoms with van der Waals surface area (Å²) in [5.74, 6) is 0.721. The Hall–Kier alpha value is -3.08. The number of rotatable bonds is 13. The van der Waals surface area contributed by atoms with E-state index in [1.54, 1.807) is 6.20 Å². The highest BCUT2D eigenvalue weighted by molar-refractivity contribution is 5.76. The first kappa shape index (κ1) is 30.9. The lowest BCUT2D eigenvalue weighted by Crippen LogP contribution is -2.34. The highest BCUT2D eigenvalue weighted by atomic mass is 16.5. The maximum atomic E-state index is 12.5. The van der Waals surface area contributed by atoms with Crippen molar-refractivity contribution in [1.29, 1.82) is 0 Å². The molecule has 2 atom stereocenters. The number of likely N-dealkylation sites (tertiary alicyclic amines) is 1. The van der Waals surface area contributed by atoms with Crippen LogP contribution >= 0.6 is 0 Å². The fraction of sp³-hybridized carbons (Fsp3) is 0.613. The van der Waals surface area contributed by atoms with E-state index in [1.165, 1.54) is 12.0 Å². The molecule has 10 heteroatoms. The minimum Gasteiger partial charge on any atom is -0.483 e. The van der Waals surface area contributed by atoms with Crippen molar-refractivity contribution in [3.63, 3.8) is 0 Å². The van der Waals surface area contributed by atoms with E-state index in [2.05, 4.69) is 28.5 Å². The van der Waals surface area contributed by atoms with Gasteiger partial charge in [0.1, 0.15) is 11.9 Å².